The summed E-state index contributed by atoms with van der Waals surface area (Å²) in [6, 6.07) is 8.38. The van der Waals surface area contributed by atoms with Crippen LogP contribution in [0.25, 0.3) is 12.2 Å². The van der Waals surface area contributed by atoms with Crippen molar-refractivity contribution in [2.24, 2.45) is 11.3 Å². The predicted octanol–water partition coefficient (Wildman–Crippen LogP) is 1.28. The van der Waals surface area contributed by atoms with Crippen molar-refractivity contribution in [3.8, 4) is 17.2 Å². The van der Waals surface area contributed by atoms with E-state index < -0.39 is 57.9 Å². The third-order valence-electron chi connectivity index (χ3n) is 5.72. The molecule has 0 spiro atoms. The Hall–Kier alpha value is -4.97. The number of aliphatic carboxylic acids is 3. The molecule has 0 amide bonds. The van der Waals surface area contributed by atoms with Gasteiger partial charge in [0.15, 0.2) is 34.4 Å². The summed E-state index contributed by atoms with van der Waals surface area (Å²) in [4.78, 5) is 62.2. The summed E-state index contributed by atoms with van der Waals surface area (Å²) in [5.74, 6) is -14.2. The Bertz CT molecular complexity index is 1310. The average Bonchev–Trinajstić information content (AvgIpc) is 2.83. The molecule has 0 saturated carbocycles. The second-order valence-electron chi connectivity index (χ2n) is 8.05. The number of hydrogen-bond donors (Lipinski definition) is 7. The molecule has 37 heavy (non-hydrogen) atoms. The van der Waals surface area contributed by atoms with Gasteiger partial charge in [-0.2, -0.15) is 0 Å². The molecule has 0 bridgehead atoms. The Labute approximate surface area is 208 Å². The quantitative estimate of drug-likeness (QED) is 0.128. The van der Waals surface area contributed by atoms with Crippen molar-refractivity contribution in [1.29, 1.82) is 0 Å². The molecule has 0 fully saturated rings. The Morgan fingerprint density at radius 1 is 0.757 bits per heavy atom. The van der Waals surface area contributed by atoms with Crippen molar-refractivity contribution in [2.45, 2.75) is 12.5 Å². The van der Waals surface area contributed by atoms with Gasteiger partial charge >= 0.3 is 17.9 Å². The van der Waals surface area contributed by atoms with E-state index >= 15 is 0 Å². The van der Waals surface area contributed by atoms with Gasteiger partial charge < -0.3 is 35.7 Å². The van der Waals surface area contributed by atoms with Gasteiger partial charge in [-0.15, -0.1) is 0 Å². The number of hydrogen-bond acceptors (Lipinski definition) is 9. The molecule has 12 heteroatoms. The molecule has 3 unspecified atom stereocenters. The standard InChI is InChI=1S/C25H22O12/c1-24(22(33)34,19(30)11-6-13-2-7-15(26)8-3-13)25(37,23(35)36)20(21(31)32)17(28)10-5-14-4-9-16(27)18(29)12-14/h2-12,20,26-27,29,37H,1H3,(H,31,32)(H,33,34)(H,35,36)/b10-5+,11-6+. The lowest BCUT2D eigenvalue weighted by Crippen LogP contribution is -2.67. The number of phenolic OH excluding ortho intramolecular Hbond substituents is 3. The second kappa shape index (κ2) is 10.7. The maximum absolute atomic E-state index is 13.0. The van der Waals surface area contributed by atoms with E-state index in [1.807, 2.05) is 0 Å². The lowest BCUT2D eigenvalue weighted by Gasteiger charge is -2.39. The zero-order valence-corrected chi connectivity index (χ0v) is 19.1. The zero-order valence-electron chi connectivity index (χ0n) is 19.1. The van der Waals surface area contributed by atoms with Gasteiger partial charge in [0.1, 0.15) is 5.75 Å². The molecule has 3 atom stereocenters. The van der Waals surface area contributed by atoms with Crippen molar-refractivity contribution in [3.05, 3.63) is 65.7 Å². The summed E-state index contributed by atoms with van der Waals surface area (Å²) < 4.78 is 0. The summed E-state index contributed by atoms with van der Waals surface area (Å²) in [6.45, 7) is 0.484. The monoisotopic (exact) mass is 514 g/mol. The minimum absolute atomic E-state index is 0.0561. The number of carbonyl (C=O) groups excluding carboxylic acids is 2. The first-order chi connectivity index (χ1) is 17.2. The minimum atomic E-state index is -3.97. The van der Waals surface area contributed by atoms with Gasteiger partial charge in [0.25, 0.3) is 0 Å². The van der Waals surface area contributed by atoms with Crippen LogP contribution in [0.2, 0.25) is 0 Å². The highest BCUT2D eigenvalue weighted by atomic mass is 16.4. The fourth-order valence-corrected chi connectivity index (χ4v) is 3.43. The molecular weight excluding hydrogens is 492 g/mol. The molecule has 194 valence electrons. The number of ketones is 2. The van der Waals surface area contributed by atoms with Crippen LogP contribution < -0.4 is 0 Å². The number of carboxylic acid groups (broad SMARTS) is 3. The van der Waals surface area contributed by atoms with Crippen LogP contribution in [-0.2, 0) is 24.0 Å². The van der Waals surface area contributed by atoms with Crippen LogP contribution in [0.5, 0.6) is 17.2 Å². The molecule has 0 saturated heterocycles. The first-order valence-electron chi connectivity index (χ1n) is 10.3. The number of aromatic hydroxyl groups is 3. The Morgan fingerprint density at radius 3 is 1.78 bits per heavy atom. The van der Waals surface area contributed by atoms with Gasteiger partial charge in [0.2, 0.25) is 5.60 Å². The Morgan fingerprint density at radius 2 is 1.30 bits per heavy atom. The van der Waals surface area contributed by atoms with E-state index in [0.29, 0.717) is 19.1 Å². The zero-order chi connectivity index (χ0) is 28.1. The Kier molecular flexibility index (Phi) is 8.21. The van der Waals surface area contributed by atoms with E-state index in [4.69, 9.17) is 0 Å². The fraction of sp³-hybridized carbons (Fsp3) is 0.160. The molecular formula is C25H22O12. The van der Waals surface area contributed by atoms with Crippen LogP contribution in [0.1, 0.15) is 18.1 Å². The lowest BCUT2D eigenvalue weighted by atomic mass is 9.62. The predicted molar refractivity (Wildman–Crippen MR) is 125 cm³/mol. The first-order valence-corrected chi connectivity index (χ1v) is 10.3. The van der Waals surface area contributed by atoms with E-state index in [1.54, 1.807) is 0 Å². The molecule has 2 aromatic rings. The highest BCUT2D eigenvalue weighted by Gasteiger charge is 2.69. The van der Waals surface area contributed by atoms with E-state index in [-0.39, 0.29) is 16.9 Å². The van der Waals surface area contributed by atoms with Crippen molar-refractivity contribution in [3.63, 3.8) is 0 Å². The largest absolute Gasteiger partial charge is 0.508 e. The van der Waals surface area contributed by atoms with E-state index in [2.05, 4.69) is 0 Å². The SMILES string of the molecule is CC(C(=O)O)(C(=O)/C=C/c1ccc(O)cc1)C(O)(C(=O)O)C(C(=O)O)C(=O)/C=C/c1ccc(O)c(O)c1. The van der Waals surface area contributed by atoms with Crippen molar-refractivity contribution in [1.82, 2.24) is 0 Å². The molecule has 0 heterocycles. The first kappa shape index (κ1) is 28.3. The van der Waals surface area contributed by atoms with Gasteiger partial charge in [0.05, 0.1) is 0 Å². The number of rotatable bonds is 11. The van der Waals surface area contributed by atoms with E-state index in [1.165, 1.54) is 30.3 Å². The normalized spacial score (nSPS) is 15.5. The Balaban J connectivity index is 2.58. The van der Waals surface area contributed by atoms with E-state index in [9.17, 15) is 59.7 Å². The molecule has 12 nitrogen and oxygen atoms in total. The maximum atomic E-state index is 13.0. The third kappa shape index (κ3) is 5.49. The molecule has 0 radical (unpaired) electrons. The molecule has 0 aliphatic rings. The number of aliphatic hydroxyl groups is 1. The van der Waals surface area contributed by atoms with Crippen LogP contribution in [0, 0.1) is 11.3 Å². The van der Waals surface area contributed by atoms with Gasteiger partial charge in [-0.1, -0.05) is 30.4 Å². The molecule has 2 aromatic carbocycles. The van der Waals surface area contributed by atoms with Crippen LogP contribution in [0.3, 0.4) is 0 Å². The number of phenols is 3. The van der Waals surface area contributed by atoms with Crippen LogP contribution in [0.15, 0.2) is 54.6 Å². The molecule has 7 N–H and O–H groups in total. The van der Waals surface area contributed by atoms with E-state index in [0.717, 1.165) is 24.3 Å². The number of allylic oxidation sites excluding steroid dienone is 2. The molecule has 0 aliphatic heterocycles. The fourth-order valence-electron chi connectivity index (χ4n) is 3.43. The lowest BCUT2D eigenvalue weighted by molar-refractivity contribution is -0.200. The minimum Gasteiger partial charge on any atom is -0.508 e. The average molecular weight is 514 g/mol. The number of carbonyl (C=O) groups is 5. The van der Waals surface area contributed by atoms with Gasteiger partial charge in [-0.25, -0.2) is 4.79 Å². The third-order valence-corrected chi connectivity index (χ3v) is 5.72. The summed E-state index contributed by atoms with van der Waals surface area (Å²) >= 11 is 0. The van der Waals surface area contributed by atoms with Crippen LogP contribution in [-0.4, -0.2) is 70.8 Å². The van der Waals surface area contributed by atoms with Gasteiger partial charge in [-0.3, -0.25) is 19.2 Å². The second-order valence-corrected chi connectivity index (χ2v) is 8.05. The highest BCUT2D eigenvalue weighted by Crippen LogP contribution is 2.41. The maximum Gasteiger partial charge on any atom is 0.338 e. The molecule has 2 rings (SSSR count). The van der Waals surface area contributed by atoms with Crippen molar-refractivity contribution in [2.75, 3.05) is 0 Å². The summed E-state index contributed by atoms with van der Waals surface area (Å²) in [5, 5.41) is 68.6. The molecule has 0 aliphatic carbocycles. The van der Waals surface area contributed by atoms with Gasteiger partial charge in [-0.05, 0) is 54.5 Å². The number of carboxylic acids is 3. The number of benzene rings is 2. The summed E-state index contributed by atoms with van der Waals surface area (Å²) in [6.07, 6.45) is 3.09. The summed E-state index contributed by atoms with van der Waals surface area (Å²) in [5.41, 5.74) is -7.01. The van der Waals surface area contributed by atoms with Crippen molar-refractivity contribution < 1.29 is 59.7 Å². The topological polar surface area (TPSA) is 227 Å². The van der Waals surface area contributed by atoms with Crippen LogP contribution >= 0.6 is 0 Å². The smallest absolute Gasteiger partial charge is 0.338 e. The van der Waals surface area contributed by atoms with Crippen molar-refractivity contribution >= 4 is 41.6 Å². The van der Waals surface area contributed by atoms with Crippen LogP contribution in [0.4, 0.5) is 0 Å². The highest BCUT2D eigenvalue weighted by molar-refractivity contribution is 6.18. The van der Waals surface area contributed by atoms with Gasteiger partial charge in [0, 0.05) is 0 Å². The summed E-state index contributed by atoms with van der Waals surface area (Å²) in [7, 11) is 0. The molecule has 0 aromatic heterocycles.